The number of unbranched alkanes of at least 4 members (excludes halogenated alkanes) is 3. The molecule has 0 aromatic carbocycles. The van der Waals surface area contributed by atoms with E-state index in [0.29, 0.717) is 5.78 Å². The number of hydrogen-bond donors (Lipinski definition) is 0. The van der Waals surface area contributed by atoms with E-state index in [1.807, 2.05) is 17.8 Å². The van der Waals surface area contributed by atoms with Gasteiger partial charge >= 0.3 is 0 Å². The van der Waals surface area contributed by atoms with Crippen LogP contribution in [0.4, 0.5) is 0 Å². The van der Waals surface area contributed by atoms with Crippen molar-refractivity contribution in [3.8, 4) is 0 Å². The number of rotatable bonds is 7. The molecule has 0 amide bonds. The third-order valence-corrected chi connectivity index (χ3v) is 4.12. The first-order chi connectivity index (χ1) is 7.75. The molecule has 0 spiro atoms. The van der Waals surface area contributed by atoms with Gasteiger partial charge in [0.1, 0.15) is 0 Å². The number of carbonyl (C=O) groups is 1. The Morgan fingerprint density at radius 1 is 1.50 bits per heavy atom. The number of nitrogens with zero attached hydrogens (tertiary/aromatic N) is 1. The first kappa shape index (κ1) is 13.8. The molecule has 1 aliphatic heterocycles. The summed E-state index contributed by atoms with van der Waals surface area (Å²) < 4.78 is 0. The molecule has 1 atom stereocenters. The number of hydrogen-bond acceptors (Lipinski definition) is 3. The van der Waals surface area contributed by atoms with Crippen molar-refractivity contribution in [2.24, 2.45) is 0 Å². The number of likely N-dealkylation sites (N-methyl/N-ethyl adjacent to an activating group) is 1. The minimum Gasteiger partial charge on any atom is -0.298 e. The Morgan fingerprint density at radius 2 is 2.31 bits per heavy atom. The third kappa shape index (κ3) is 4.71. The smallest absolute Gasteiger partial charge is 0.150 e. The maximum Gasteiger partial charge on any atom is 0.150 e. The standard InChI is InChI=1S/C13H23NOS/c1-3-4-5-6-7-8-13(15)12-11-16-10-9-14(12)2/h3,12H,1,4-11H2,2H3. The first-order valence-electron chi connectivity index (χ1n) is 6.17. The fourth-order valence-corrected chi connectivity index (χ4v) is 3.20. The molecule has 0 N–H and O–H groups in total. The van der Waals surface area contributed by atoms with Gasteiger partial charge in [0.2, 0.25) is 0 Å². The quantitative estimate of drug-likeness (QED) is 0.505. The molecule has 0 bridgehead atoms. The molecule has 0 saturated carbocycles. The van der Waals surface area contributed by atoms with Crippen molar-refractivity contribution < 1.29 is 4.79 Å². The minimum atomic E-state index is 0.179. The average Bonchev–Trinajstić information content (AvgIpc) is 2.29. The van der Waals surface area contributed by atoms with E-state index in [2.05, 4.69) is 18.5 Å². The Labute approximate surface area is 103 Å². The van der Waals surface area contributed by atoms with E-state index in [4.69, 9.17) is 0 Å². The van der Waals surface area contributed by atoms with E-state index < -0.39 is 0 Å². The zero-order valence-corrected chi connectivity index (χ0v) is 11.1. The lowest BCUT2D eigenvalue weighted by molar-refractivity contribution is -0.123. The Morgan fingerprint density at radius 3 is 3.00 bits per heavy atom. The maximum atomic E-state index is 12.0. The lowest BCUT2D eigenvalue weighted by Gasteiger charge is -2.30. The summed E-state index contributed by atoms with van der Waals surface area (Å²) in [4.78, 5) is 14.2. The van der Waals surface area contributed by atoms with Crippen molar-refractivity contribution in [1.29, 1.82) is 0 Å². The van der Waals surface area contributed by atoms with Gasteiger partial charge in [0.05, 0.1) is 6.04 Å². The predicted octanol–water partition coefficient (Wildman–Crippen LogP) is 2.74. The third-order valence-electron chi connectivity index (χ3n) is 3.10. The largest absolute Gasteiger partial charge is 0.298 e. The van der Waals surface area contributed by atoms with Gasteiger partial charge in [-0.15, -0.1) is 6.58 Å². The van der Waals surface area contributed by atoms with Gasteiger partial charge in [0, 0.05) is 24.5 Å². The molecular weight excluding hydrogens is 218 g/mol. The summed E-state index contributed by atoms with van der Waals surface area (Å²) in [5.74, 6) is 2.59. The highest BCUT2D eigenvalue weighted by Gasteiger charge is 2.25. The van der Waals surface area contributed by atoms with Crippen molar-refractivity contribution in [3.05, 3.63) is 12.7 Å². The molecule has 1 saturated heterocycles. The molecule has 16 heavy (non-hydrogen) atoms. The predicted molar refractivity (Wildman–Crippen MR) is 72.0 cm³/mol. The van der Waals surface area contributed by atoms with Crippen molar-refractivity contribution in [1.82, 2.24) is 4.90 Å². The second kappa shape index (κ2) is 7.91. The van der Waals surface area contributed by atoms with E-state index >= 15 is 0 Å². The summed E-state index contributed by atoms with van der Waals surface area (Å²) in [7, 11) is 2.07. The van der Waals surface area contributed by atoms with E-state index in [0.717, 1.165) is 38.0 Å². The van der Waals surface area contributed by atoms with Crippen LogP contribution in [0.5, 0.6) is 0 Å². The monoisotopic (exact) mass is 241 g/mol. The van der Waals surface area contributed by atoms with Gasteiger partial charge in [-0.2, -0.15) is 11.8 Å². The van der Waals surface area contributed by atoms with Crippen molar-refractivity contribution >= 4 is 17.5 Å². The van der Waals surface area contributed by atoms with Gasteiger partial charge in [-0.05, 0) is 26.3 Å². The first-order valence-corrected chi connectivity index (χ1v) is 7.32. The number of allylic oxidation sites excluding steroid dienone is 1. The van der Waals surface area contributed by atoms with E-state index in [9.17, 15) is 4.79 Å². The average molecular weight is 241 g/mol. The van der Waals surface area contributed by atoms with E-state index in [1.165, 1.54) is 12.2 Å². The van der Waals surface area contributed by atoms with Crippen LogP contribution in [-0.2, 0) is 4.79 Å². The Bertz CT molecular complexity index is 230. The van der Waals surface area contributed by atoms with Crippen LogP contribution in [-0.4, -0.2) is 41.8 Å². The van der Waals surface area contributed by atoms with Crippen molar-refractivity contribution in [2.45, 2.75) is 38.1 Å². The van der Waals surface area contributed by atoms with Gasteiger partial charge in [-0.3, -0.25) is 9.69 Å². The highest BCUT2D eigenvalue weighted by atomic mass is 32.2. The summed E-state index contributed by atoms with van der Waals surface area (Å²) in [6.07, 6.45) is 7.16. The Balaban J connectivity index is 2.15. The zero-order chi connectivity index (χ0) is 11.8. The molecule has 0 aromatic rings. The minimum absolute atomic E-state index is 0.179. The second-order valence-electron chi connectivity index (χ2n) is 4.43. The molecule has 1 unspecified atom stereocenters. The van der Waals surface area contributed by atoms with Crippen molar-refractivity contribution in [2.75, 3.05) is 25.1 Å². The normalized spacial score (nSPS) is 21.9. The Hall–Kier alpha value is -0.280. The van der Waals surface area contributed by atoms with Gasteiger partial charge in [0.25, 0.3) is 0 Å². The number of carbonyl (C=O) groups excluding carboxylic acids is 1. The van der Waals surface area contributed by atoms with Gasteiger partial charge < -0.3 is 0 Å². The summed E-state index contributed by atoms with van der Waals surface area (Å²) in [6.45, 7) is 4.75. The molecule has 1 rings (SSSR count). The van der Waals surface area contributed by atoms with Crippen LogP contribution >= 0.6 is 11.8 Å². The summed E-state index contributed by atoms with van der Waals surface area (Å²) in [6, 6.07) is 0.179. The molecule has 0 radical (unpaired) electrons. The summed E-state index contributed by atoms with van der Waals surface area (Å²) in [5.41, 5.74) is 0. The van der Waals surface area contributed by atoms with Crippen LogP contribution in [0.1, 0.15) is 32.1 Å². The topological polar surface area (TPSA) is 20.3 Å². The molecule has 2 nitrogen and oxygen atoms in total. The Kier molecular flexibility index (Phi) is 6.81. The fraction of sp³-hybridized carbons (Fsp3) is 0.769. The van der Waals surface area contributed by atoms with E-state index in [1.54, 1.807) is 0 Å². The van der Waals surface area contributed by atoms with Crippen LogP contribution in [0.2, 0.25) is 0 Å². The lowest BCUT2D eigenvalue weighted by Crippen LogP contribution is -2.44. The van der Waals surface area contributed by atoms with Crippen LogP contribution in [0.3, 0.4) is 0 Å². The highest BCUT2D eigenvalue weighted by Crippen LogP contribution is 2.17. The maximum absolute atomic E-state index is 12.0. The van der Waals surface area contributed by atoms with Crippen LogP contribution in [0.25, 0.3) is 0 Å². The summed E-state index contributed by atoms with van der Waals surface area (Å²) in [5, 5.41) is 0. The SMILES string of the molecule is C=CCCCCCC(=O)C1CSCCN1C. The molecule has 1 aliphatic rings. The lowest BCUT2D eigenvalue weighted by atomic mass is 10.0. The molecular formula is C13H23NOS. The molecule has 3 heteroatoms. The highest BCUT2D eigenvalue weighted by molar-refractivity contribution is 7.99. The number of thioether (sulfide) groups is 1. The van der Waals surface area contributed by atoms with Crippen LogP contribution in [0, 0.1) is 0 Å². The van der Waals surface area contributed by atoms with Crippen molar-refractivity contribution in [3.63, 3.8) is 0 Å². The molecule has 0 aliphatic carbocycles. The number of Topliss-reactive ketones (excluding diaryl/α,β-unsaturated/α-hetero) is 1. The molecule has 1 heterocycles. The van der Waals surface area contributed by atoms with Gasteiger partial charge in [-0.1, -0.05) is 12.5 Å². The van der Waals surface area contributed by atoms with Gasteiger partial charge in [-0.25, -0.2) is 0 Å². The summed E-state index contributed by atoms with van der Waals surface area (Å²) >= 11 is 1.91. The molecule has 92 valence electrons. The number of ketones is 1. The molecule has 0 aromatic heterocycles. The fourth-order valence-electron chi connectivity index (χ4n) is 1.96. The van der Waals surface area contributed by atoms with Crippen LogP contribution in [0.15, 0.2) is 12.7 Å². The van der Waals surface area contributed by atoms with Crippen LogP contribution < -0.4 is 0 Å². The molecule has 1 fully saturated rings. The second-order valence-corrected chi connectivity index (χ2v) is 5.58. The van der Waals surface area contributed by atoms with E-state index in [-0.39, 0.29) is 6.04 Å². The van der Waals surface area contributed by atoms with Gasteiger partial charge in [0.15, 0.2) is 5.78 Å². The zero-order valence-electron chi connectivity index (χ0n) is 10.3.